The van der Waals surface area contributed by atoms with Crippen LogP contribution < -0.4 is 14.8 Å². The second kappa shape index (κ2) is 10.6. The van der Waals surface area contributed by atoms with Gasteiger partial charge in [-0.05, 0) is 37.5 Å². The highest BCUT2D eigenvalue weighted by molar-refractivity contribution is 7.99. The van der Waals surface area contributed by atoms with Crippen LogP contribution in [0.4, 0.5) is 5.95 Å². The number of allylic oxidation sites excluding steroid dienone is 1. The van der Waals surface area contributed by atoms with Crippen molar-refractivity contribution in [1.82, 2.24) is 14.8 Å². The van der Waals surface area contributed by atoms with Crippen LogP contribution in [0, 0.1) is 0 Å². The minimum atomic E-state index is -0.492. The van der Waals surface area contributed by atoms with E-state index in [2.05, 4.69) is 24.1 Å². The van der Waals surface area contributed by atoms with Gasteiger partial charge in [0.2, 0.25) is 11.1 Å². The van der Waals surface area contributed by atoms with Crippen LogP contribution in [0.2, 0.25) is 0 Å². The van der Waals surface area contributed by atoms with E-state index in [1.165, 1.54) is 0 Å². The minimum Gasteiger partial charge on any atom is -0.493 e. The number of anilines is 1. The number of rotatable bonds is 10. The third-order valence-electron chi connectivity index (χ3n) is 4.94. The fourth-order valence-corrected chi connectivity index (χ4v) is 4.05. The van der Waals surface area contributed by atoms with Crippen molar-refractivity contribution in [1.29, 1.82) is 0 Å². The van der Waals surface area contributed by atoms with E-state index >= 15 is 0 Å². The SMILES string of the molecule is CCCCOC(=O)C1=C(C)Nc2nc(SCCC)nn2C1c1ccc(OC)c(OC)c1. The number of benzene rings is 1. The van der Waals surface area contributed by atoms with E-state index in [0.717, 1.165) is 30.6 Å². The second-order valence-electron chi connectivity index (χ2n) is 7.18. The molecule has 1 aliphatic rings. The average molecular weight is 447 g/mol. The molecule has 0 spiro atoms. The molecule has 0 saturated heterocycles. The number of fused-ring (bicyclic) bond motifs is 1. The summed E-state index contributed by atoms with van der Waals surface area (Å²) in [4.78, 5) is 17.7. The molecule has 2 aromatic rings. The summed E-state index contributed by atoms with van der Waals surface area (Å²) in [5.74, 6) is 2.36. The highest BCUT2D eigenvalue weighted by Gasteiger charge is 2.35. The lowest BCUT2D eigenvalue weighted by molar-refractivity contribution is -0.139. The van der Waals surface area contributed by atoms with E-state index < -0.39 is 6.04 Å². The van der Waals surface area contributed by atoms with Crippen LogP contribution in [0.1, 0.15) is 51.6 Å². The highest BCUT2D eigenvalue weighted by atomic mass is 32.2. The summed E-state index contributed by atoms with van der Waals surface area (Å²) in [5, 5.41) is 8.60. The van der Waals surface area contributed by atoms with Gasteiger partial charge in [-0.3, -0.25) is 0 Å². The molecule has 0 saturated carbocycles. The van der Waals surface area contributed by atoms with E-state index in [4.69, 9.17) is 19.3 Å². The molecular formula is C22H30N4O4S. The Labute approximate surface area is 187 Å². The summed E-state index contributed by atoms with van der Waals surface area (Å²) in [7, 11) is 3.18. The van der Waals surface area contributed by atoms with Gasteiger partial charge in [-0.2, -0.15) is 4.98 Å². The quantitative estimate of drug-likeness (QED) is 0.326. The van der Waals surface area contributed by atoms with Crippen molar-refractivity contribution >= 4 is 23.7 Å². The van der Waals surface area contributed by atoms with Gasteiger partial charge in [0.05, 0.1) is 26.4 Å². The molecule has 8 nitrogen and oxygen atoms in total. The Morgan fingerprint density at radius 2 is 1.97 bits per heavy atom. The number of methoxy groups -OCH3 is 2. The lowest BCUT2D eigenvalue weighted by atomic mass is 9.95. The molecule has 1 N–H and O–H groups in total. The number of esters is 1. The molecule has 3 rings (SSSR count). The largest absolute Gasteiger partial charge is 0.493 e. The second-order valence-corrected chi connectivity index (χ2v) is 8.24. The Kier molecular flexibility index (Phi) is 7.84. The van der Waals surface area contributed by atoms with Crippen LogP contribution >= 0.6 is 11.8 Å². The van der Waals surface area contributed by atoms with E-state index in [9.17, 15) is 4.79 Å². The number of unbranched alkanes of at least 4 members (excludes halogenated alkanes) is 1. The van der Waals surface area contributed by atoms with Crippen molar-refractivity contribution in [2.24, 2.45) is 0 Å². The van der Waals surface area contributed by atoms with Crippen molar-refractivity contribution in [2.45, 2.75) is 51.2 Å². The molecule has 1 aromatic heterocycles. The predicted molar refractivity (Wildman–Crippen MR) is 121 cm³/mol. The predicted octanol–water partition coefficient (Wildman–Crippen LogP) is 4.43. The molecule has 0 aliphatic carbocycles. The fraction of sp³-hybridized carbons (Fsp3) is 0.500. The molecule has 168 valence electrons. The monoisotopic (exact) mass is 446 g/mol. The molecule has 31 heavy (non-hydrogen) atoms. The summed E-state index contributed by atoms with van der Waals surface area (Å²) in [6.45, 7) is 6.42. The Hall–Kier alpha value is -2.68. The van der Waals surface area contributed by atoms with Crippen LogP contribution in [0.25, 0.3) is 0 Å². The van der Waals surface area contributed by atoms with Gasteiger partial charge >= 0.3 is 5.97 Å². The number of nitrogens with one attached hydrogen (secondary N) is 1. The maximum Gasteiger partial charge on any atom is 0.338 e. The van der Waals surface area contributed by atoms with Gasteiger partial charge in [-0.15, -0.1) is 5.10 Å². The standard InChI is InChI=1S/C22H30N4O4S/c1-6-8-11-30-20(27)18-14(3)23-21-24-22(31-12-7-2)25-26(21)19(18)15-9-10-16(28-4)17(13-15)29-5/h9-10,13,19H,6-8,11-12H2,1-5H3,(H,23,24,25). The number of carbonyl (C=O) groups is 1. The maximum atomic E-state index is 13.1. The summed E-state index contributed by atoms with van der Waals surface area (Å²) in [5.41, 5.74) is 2.04. The zero-order chi connectivity index (χ0) is 22.4. The lowest BCUT2D eigenvalue weighted by Crippen LogP contribution is -2.29. The molecule has 9 heteroatoms. The number of nitrogens with zero attached hydrogens (tertiary/aromatic N) is 3. The first-order valence-electron chi connectivity index (χ1n) is 10.5. The topological polar surface area (TPSA) is 87.5 Å². The van der Waals surface area contributed by atoms with Gasteiger partial charge in [-0.25, -0.2) is 9.48 Å². The van der Waals surface area contributed by atoms with Crippen LogP contribution in [0.15, 0.2) is 34.6 Å². The first kappa shape index (κ1) is 23.0. The van der Waals surface area contributed by atoms with E-state index in [1.807, 2.05) is 25.1 Å². The van der Waals surface area contributed by atoms with Crippen molar-refractivity contribution < 1.29 is 19.0 Å². The Morgan fingerprint density at radius 1 is 1.19 bits per heavy atom. The molecule has 1 aromatic carbocycles. The van der Waals surface area contributed by atoms with Gasteiger partial charge in [0, 0.05) is 11.4 Å². The molecule has 1 atom stereocenters. The van der Waals surface area contributed by atoms with Gasteiger partial charge in [0.25, 0.3) is 0 Å². The molecule has 0 fully saturated rings. The van der Waals surface area contributed by atoms with Crippen LogP contribution in [-0.2, 0) is 9.53 Å². The first-order chi connectivity index (χ1) is 15.0. The number of ether oxygens (including phenoxy) is 3. The number of hydrogen-bond donors (Lipinski definition) is 1. The minimum absolute atomic E-state index is 0.359. The van der Waals surface area contributed by atoms with Crippen LogP contribution in [0.5, 0.6) is 11.5 Å². The molecule has 0 bridgehead atoms. The third kappa shape index (κ3) is 4.98. The van der Waals surface area contributed by atoms with Crippen molar-refractivity contribution in [3.05, 3.63) is 35.0 Å². The van der Waals surface area contributed by atoms with Crippen molar-refractivity contribution in [3.8, 4) is 11.5 Å². The van der Waals surface area contributed by atoms with Gasteiger partial charge in [-0.1, -0.05) is 38.1 Å². The average Bonchev–Trinajstić information content (AvgIpc) is 3.18. The summed E-state index contributed by atoms with van der Waals surface area (Å²) in [6, 6.07) is 5.11. The first-order valence-corrected chi connectivity index (χ1v) is 11.5. The van der Waals surface area contributed by atoms with Gasteiger partial charge in [0.15, 0.2) is 11.5 Å². The number of hydrogen-bond acceptors (Lipinski definition) is 8. The summed E-state index contributed by atoms with van der Waals surface area (Å²) in [6.07, 6.45) is 2.79. The van der Waals surface area contributed by atoms with Crippen molar-refractivity contribution in [3.63, 3.8) is 0 Å². The fourth-order valence-electron chi connectivity index (χ4n) is 3.37. The molecule has 0 amide bonds. The van der Waals surface area contributed by atoms with E-state index in [0.29, 0.717) is 40.5 Å². The zero-order valence-electron chi connectivity index (χ0n) is 18.7. The Balaban J connectivity index is 2.07. The Bertz CT molecular complexity index is 957. The van der Waals surface area contributed by atoms with Gasteiger partial charge in [0.1, 0.15) is 6.04 Å². The molecule has 2 heterocycles. The lowest BCUT2D eigenvalue weighted by Gasteiger charge is -2.28. The third-order valence-corrected chi connectivity index (χ3v) is 5.99. The van der Waals surface area contributed by atoms with E-state index in [-0.39, 0.29) is 5.97 Å². The molecule has 0 radical (unpaired) electrons. The van der Waals surface area contributed by atoms with Crippen LogP contribution in [0.3, 0.4) is 0 Å². The van der Waals surface area contributed by atoms with E-state index in [1.54, 1.807) is 30.7 Å². The number of carbonyl (C=O) groups excluding carboxylic acids is 1. The zero-order valence-corrected chi connectivity index (χ0v) is 19.5. The summed E-state index contributed by atoms with van der Waals surface area (Å²) >= 11 is 1.59. The maximum absolute atomic E-state index is 13.1. The molecular weight excluding hydrogens is 416 g/mol. The highest BCUT2D eigenvalue weighted by Crippen LogP contribution is 2.39. The molecule has 1 unspecified atom stereocenters. The number of thioether (sulfide) groups is 1. The molecule has 1 aliphatic heterocycles. The van der Waals surface area contributed by atoms with Gasteiger partial charge < -0.3 is 19.5 Å². The normalized spacial score (nSPS) is 15.3. The Morgan fingerprint density at radius 3 is 2.65 bits per heavy atom. The van der Waals surface area contributed by atoms with Crippen molar-refractivity contribution in [2.75, 3.05) is 31.9 Å². The van der Waals surface area contributed by atoms with Crippen LogP contribution in [-0.4, -0.2) is 47.3 Å². The number of aromatic nitrogens is 3. The smallest absolute Gasteiger partial charge is 0.338 e. The summed E-state index contributed by atoms with van der Waals surface area (Å²) < 4.78 is 18.2.